The first-order valence-corrected chi connectivity index (χ1v) is 5.11. The standard InChI is InChI=1S/C9H14N4O2/c14-9(15)8-11-7(12-13-8)5-6-1-3-10-4-2-6/h6,10H,1-5H2,(H,14,15)(H,11,12,13). The molecule has 3 N–H and O–H groups in total. The third kappa shape index (κ3) is 2.53. The third-order valence-electron chi connectivity index (χ3n) is 2.66. The number of rotatable bonds is 3. The highest BCUT2D eigenvalue weighted by atomic mass is 16.4. The fourth-order valence-electron chi connectivity index (χ4n) is 1.84. The Morgan fingerprint density at radius 3 is 2.80 bits per heavy atom. The van der Waals surface area contributed by atoms with E-state index < -0.39 is 5.97 Å². The number of carboxylic acid groups (broad SMARTS) is 1. The summed E-state index contributed by atoms with van der Waals surface area (Å²) in [6, 6.07) is 0. The number of aromatic nitrogens is 3. The second-order valence-electron chi connectivity index (χ2n) is 3.81. The smallest absolute Gasteiger partial charge is 0.375 e. The highest BCUT2D eigenvalue weighted by Gasteiger charge is 2.17. The van der Waals surface area contributed by atoms with E-state index in [0.717, 1.165) is 32.4 Å². The normalized spacial score (nSPS) is 17.9. The zero-order valence-electron chi connectivity index (χ0n) is 8.36. The average Bonchev–Trinajstić information content (AvgIpc) is 2.68. The highest BCUT2D eigenvalue weighted by Crippen LogP contribution is 2.15. The fourth-order valence-corrected chi connectivity index (χ4v) is 1.84. The Morgan fingerprint density at radius 2 is 2.20 bits per heavy atom. The summed E-state index contributed by atoms with van der Waals surface area (Å²) in [5, 5.41) is 18.2. The number of aromatic amines is 1. The minimum Gasteiger partial charge on any atom is -0.475 e. The molecule has 0 unspecified atom stereocenters. The van der Waals surface area contributed by atoms with E-state index in [1.165, 1.54) is 0 Å². The molecule has 0 bridgehead atoms. The van der Waals surface area contributed by atoms with Gasteiger partial charge in [0.1, 0.15) is 5.82 Å². The molecule has 2 rings (SSSR count). The van der Waals surface area contributed by atoms with Gasteiger partial charge in [-0.1, -0.05) is 0 Å². The molecule has 2 heterocycles. The van der Waals surface area contributed by atoms with Gasteiger partial charge in [-0.3, -0.25) is 5.10 Å². The van der Waals surface area contributed by atoms with Crippen molar-refractivity contribution in [1.82, 2.24) is 20.5 Å². The lowest BCUT2D eigenvalue weighted by molar-refractivity contribution is 0.0684. The van der Waals surface area contributed by atoms with Gasteiger partial charge in [-0.15, -0.1) is 5.10 Å². The van der Waals surface area contributed by atoms with E-state index in [1.807, 2.05) is 0 Å². The lowest BCUT2D eigenvalue weighted by Crippen LogP contribution is -2.28. The van der Waals surface area contributed by atoms with Crippen molar-refractivity contribution in [3.05, 3.63) is 11.6 Å². The molecule has 1 aromatic rings. The number of aromatic carboxylic acids is 1. The molecule has 6 nitrogen and oxygen atoms in total. The van der Waals surface area contributed by atoms with Crippen LogP contribution in [0.1, 0.15) is 29.3 Å². The number of hydrogen-bond acceptors (Lipinski definition) is 4. The van der Waals surface area contributed by atoms with E-state index in [4.69, 9.17) is 5.11 Å². The van der Waals surface area contributed by atoms with Crippen LogP contribution < -0.4 is 5.32 Å². The first kappa shape index (κ1) is 10.1. The van der Waals surface area contributed by atoms with Crippen LogP contribution in [0.2, 0.25) is 0 Å². The number of piperidine rings is 1. The summed E-state index contributed by atoms with van der Waals surface area (Å²) in [6.45, 7) is 2.06. The Labute approximate surface area is 87.1 Å². The quantitative estimate of drug-likeness (QED) is 0.655. The molecule has 0 amide bonds. The molecule has 0 aliphatic carbocycles. The molecule has 1 aliphatic heterocycles. The van der Waals surface area contributed by atoms with E-state index in [0.29, 0.717) is 11.7 Å². The monoisotopic (exact) mass is 210 g/mol. The van der Waals surface area contributed by atoms with Gasteiger partial charge in [0.15, 0.2) is 0 Å². The zero-order chi connectivity index (χ0) is 10.7. The van der Waals surface area contributed by atoms with Crippen LogP contribution in [0.15, 0.2) is 0 Å². The van der Waals surface area contributed by atoms with Gasteiger partial charge in [-0.25, -0.2) is 9.78 Å². The van der Waals surface area contributed by atoms with Crippen molar-refractivity contribution in [3.63, 3.8) is 0 Å². The zero-order valence-corrected chi connectivity index (χ0v) is 8.36. The average molecular weight is 210 g/mol. The van der Waals surface area contributed by atoms with Crippen LogP contribution in [0.25, 0.3) is 0 Å². The van der Waals surface area contributed by atoms with Crippen LogP contribution in [0.4, 0.5) is 0 Å². The molecular formula is C9H14N4O2. The van der Waals surface area contributed by atoms with Crippen LogP contribution in [0.3, 0.4) is 0 Å². The molecule has 0 aromatic carbocycles. The number of hydrogen-bond donors (Lipinski definition) is 3. The molecule has 1 fully saturated rings. The van der Waals surface area contributed by atoms with Crippen molar-refractivity contribution in [2.45, 2.75) is 19.3 Å². The first-order chi connectivity index (χ1) is 7.25. The first-order valence-electron chi connectivity index (χ1n) is 5.11. The molecule has 0 spiro atoms. The Morgan fingerprint density at radius 1 is 1.47 bits per heavy atom. The van der Waals surface area contributed by atoms with Gasteiger partial charge in [0, 0.05) is 6.42 Å². The number of nitrogens with one attached hydrogen (secondary N) is 2. The summed E-state index contributed by atoms with van der Waals surface area (Å²) in [7, 11) is 0. The van der Waals surface area contributed by atoms with Crippen LogP contribution in [-0.4, -0.2) is 39.3 Å². The van der Waals surface area contributed by atoms with Gasteiger partial charge in [-0.05, 0) is 31.8 Å². The van der Waals surface area contributed by atoms with E-state index in [1.54, 1.807) is 0 Å². The van der Waals surface area contributed by atoms with Crippen molar-refractivity contribution in [2.24, 2.45) is 5.92 Å². The summed E-state index contributed by atoms with van der Waals surface area (Å²) in [6.07, 6.45) is 3.02. The second kappa shape index (κ2) is 4.39. The van der Waals surface area contributed by atoms with E-state index >= 15 is 0 Å². The molecule has 1 aliphatic rings. The van der Waals surface area contributed by atoms with Crippen LogP contribution in [-0.2, 0) is 6.42 Å². The van der Waals surface area contributed by atoms with E-state index in [9.17, 15) is 4.79 Å². The summed E-state index contributed by atoms with van der Waals surface area (Å²) in [5.41, 5.74) is 0. The van der Waals surface area contributed by atoms with Crippen LogP contribution in [0.5, 0.6) is 0 Å². The number of carboxylic acids is 1. The van der Waals surface area contributed by atoms with Gasteiger partial charge < -0.3 is 10.4 Å². The molecular weight excluding hydrogens is 196 g/mol. The van der Waals surface area contributed by atoms with E-state index in [2.05, 4.69) is 20.5 Å². The third-order valence-corrected chi connectivity index (χ3v) is 2.66. The summed E-state index contributed by atoms with van der Waals surface area (Å²) in [4.78, 5) is 14.5. The molecule has 15 heavy (non-hydrogen) atoms. The Hall–Kier alpha value is -1.43. The maximum Gasteiger partial charge on any atom is 0.375 e. The van der Waals surface area contributed by atoms with Crippen molar-refractivity contribution in [3.8, 4) is 0 Å². The lowest BCUT2D eigenvalue weighted by Gasteiger charge is -2.21. The number of nitrogens with zero attached hydrogens (tertiary/aromatic N) is 2. The Bertz CT molecular complexity index is 344. The molecule has 1 aromatic heterocycles. The predicted octanol–water partition coefficient (Wildman–Crippen LogP) is 0.0450. The van der Waals surface area contributed by atoms with Crippen molar-refractivity contribution >= 4 is 5.97 Å². The molecule has 82 valence electrons. The highest BCUT2D eigenvalue weighted by molar-refractivity contribution is 5.82. The molecule has 0 saturated carbocycles. The number of carbonyl (C=O) groups is 1. The van der Waals surface area contributed by atoms with Crippen molar-refractivity contribution in [1.29, 1.82) is 0 Å². The summed E-state index contributed by atoms with van der Waals surface area (Å²) < 4.78 is 0. The van der Waals surface area contributed by atoms with Crippen molar-refractivity contribution < 1.29 is 9.90 Å². The van der Waals surface area contributed by atoms with Gasteiger partial charge in [0.2, 0.25) is 0 Å². The number of H-pyrrole nitrogens is 1. The molecule has 6 heteroatoms. The largest absolute Gasteiger partial charge is 0.475 e. The van der Waals surface area contributed by atoms with E-state index in [-0.39, 0.29) is 5.82 Å². The summed E-state index contributed by atoms with van der Waals surface area (Å²) in [5.74, 6) is 0.0434. The van der Waals surface area contributed by atoms with Gasteiger partial charge >= 0.3 is 5.97 Å². The lowest BCUT2D eigenvalue weighted by atomic mass is 9.94. The van der Waals surface area contributed by atoms with Crippen LogP contribution in [0, 0.1) is 5.92 Å². The second-order valence-corrected chi connectivity index (χ2v) is 3.81. The van der Waals surface area contributed by atoms with Gasteiger partial charge in [0.25, 0.3) is 5.82 Å². The minimum atomic E-state index is -1.08. The SMILES string of the molecule is O=C(O)c1n[nH]c(CC2CCNCC2)n1. The Kier molecular flexibility index (Phi) is 2.96. The van der Waals surface area contributed by atoms with Gasteiger partial charge in [-0.2, -0.15) is 0 Å². The molecule has 1 saturated heterocycles. The maximum absolute atomic E-state index is 10.6. The van der Waals surface area contributed by atoms with Crippen molar-refractivity contribution in [2.75, 3.05) is 13.1 Å². The Balaban J connectivity index is 1.94. The predicted molar refractivity (Wildman–Crippen MR) is 52.6 cm³/mol. The van der Waals surface area contributed by atoms with Crippen LogP contribution >= 0.6 is 0 Å². The molecule has 0 atom stereocenters. The van der Waals surface area contributed by atoms with Gasteiger partial charge in [0.05, 0.1) is 0 Å². The topological polar surface area (TPSA) is 90.9 Å². The molecule has 0 radical (unpaired) electrons. The summed E-state index contributed by atoms with van der Waals surface area (Å²) >= 11 is 0. The fraction of sp³-hybridized carbons (Fsp3) is 0.667. The maximum atomic E-state index is 10.6. The minimum absolute atomic E-state index is 0.140.